The van der Waals surface area contributed by atoms with Crippen LogP contribution in [0.4, 0.5) is 4.39 Å². The molecule has 0 fully saturated rings. The van der Waals surface area contributed by atoms with Gasteiger partial charge in [-0.3, -0.25) is 9.59 Å². The molecule has 0 aliphatic carbocycles. The lowest BCUT2D eigenvalue weighted by Gasteiger charge is -2.19. The number of nitrogens with one attached hydrogen (secondary N) is 2. The quantitative estimate of drug-likeness (QED) is 0.680. The van der Waals surface area contributed by atoms with Crippen LogP contribution in [0.5, 0.6) is 0 Å². The van der Waals surface area contributed by atoms with E-state index in [1.54, 1.807) is 30.3 Å². The molecule has 2 aromatic carbocycles. The van der Waals surface area contributed by atoms with Gasteiger partial charge in [0.25, 0.3) is 0 Å². The van der Waals surface area contributed by atoms with E-state index in [-0.39, 0.29) is 18.9 Å². The fourth-order valence-corrected chi connectivity index (χ4v) is 3.67. The fourth-order valence-electron chi connectivity index (χ4n) is 2.40. The van der Waals surface area contributed by atoms with E-state index in [0.717, 1.165) is 12.1 Å². The van der Waals surface area contributed by atoms with Crippen LogP contribution in [0.25, 0.3) is 0 Å². The Balaban J connectivity index is 2.24. The van der Waals surface area contributed by atoms with Gasteiger partial charge in [0, 0.05) is 14.1 Å². The summed E-state index contributed by atoms with van der Waals surface area (Å²) in [5.41, 5.74) is 0.706. The lowest BCUT2D eigenvalue weighted by atomic mass is 10.1. The highest BCUT2D eigenvalue weighted by molar-refractivity contribution is 7.89. The Kier molecular flexibility index (Phi) is 7.24. The Bertz CT molecular complexity index is 933. The first-order valence-corrected chi connectivity index (χ1v) is 9.97. The fraction of sp³-hybridized carbons (Fsp3) is 0.263. The number of halogens is 1. The van der Waals surface area contributed by atoms with Crippen LogP contribution < -0.4 is 10.0 Å². The minimum atomic E-state index is -4.29. The van der Waals surface area contributed by atoms with Crippen LogP contribution in [0, 0.1) is 5.82 Å². The van der Waals surface area contributed by atoms with Crippen LogP contribution in [-0.4, -0.2) is 51.8 Å². The van der Waals surface area contributed by atoms with Gasteiger partial charge < -0.3 is 10.2 Å². The number of amides is 2. The summed E-state index contributed by atoms with van der Waals surface area (Å²) in [5.74, 6) is -1.95. The van der Waals surface area contributed by atoms with Gasteiger partial charge in [-0.05, 0) is 24.1 Å². The Morgan fingerprint density at radius 3 is 2.25 bits per heavy atom. The molecule has 0 aliphatic heterocycles. The molecule has 9 heteroatoms. The third kappa shape index (κ3) is 5.86. The van der Waals surface area contributed by atoms with Crippen molar-refractivity contribution in [1.82, 2.24) is 14.9 Å². The normalized spacial score (nSPS) is 12.2. The zero-order valence-corrected chi connectivity index (χ0v) is 16.4. The Morgan fingerprint density at radius 1 is 1.04 bits per heavy atom. The number of sulfonamides is 1. The van der Waals surface area contributed by atoms with Gasteiger partial charge in [-0.1, -0.05) is 42.5 Å². The van der Waals surface area contributed by atoms with E-state index >= 15 is 0 Å². The van der Waals surface area contributed by atoms with Crippen LogP contribution in [0.2, 0.25) is 0 Å². The van der Waals surface area contributed by atoms with E-state index in [2.05, 4.69) is 10.0 Å². The third-order valence-corrected chi connectivity index (χ3v) is 5.44. The molecule has 0 saturated carbocycles. The summed E-state index contributed by atoms with van der Waals surface area (Å²) in [4.78, 5) is 25.0. The van der Waals surface area contributed by atoms with Crippen LogP contribution in [0.3, 0.4) is 0 Å². The number of hydrogen-bond donors (Lipinski definition) is 2. The average Bonchev–Trinajstić information content (AvgIpc) is 2.66. The average molecular weight is 407 g/mol. The molecule has 2 aromatic rings. The standard InChI is InChI=1S/C19H22FN3O4S/c1-23(2)18(24)13-21-19(25)16(12-14-8-4-3-5-9-14)22-28(26,27)17-11-7-6-10-15(17)20/h3-11,16,22H,12-13H2,1-2H3,(H,21,25). The molecule has 0 radical (unpaired) electrons. The molecule has 0 saturated heterocycles. The van der Waals surface area contributed by atoms with Crippen molar-refractivity contribution in [2.75, 3.05) is 20.6 Å². The SMILES string of the molecule is CN(C)C(=O)CNC(=O)C(Cc1ccccc1)NS(=O)(=O)c1ccccc1F. The maximum Gasteiger partial charge on any atom is 0.244 e. The van der Waals surface area contributed by atoms with Crippen molar-refractivity contribution >= 4 is 21.8 Å². The second-order valence-corrected chi connectivity index (χ2v) is 7.98. The van der Waals surface area contributed by atoms with E-state index in [4.69, 9.17) is 0 Å². The van der Waals surface area contributed by atoms with E-state index in [9.17, 15) is 22.4 Å². The zero-order chi connectivity index (χ0) is 20.7. The first kappa shape index (κ1) is 21.5. The summed E-state index contributed by atoms with van der Waals surface area (Å²) in [6, 6.07) is 12.5. The van der Waals surface area contributed by atoms with Gasteiger partial charge in [-0.15, -0.1) is 0 Å². The molecule has 0 heterocycles. The number of likely N-dealkylation sites (N-methyl/N-ethyl adjacent to an activating group) is 1. The summed E-state index contributed by atoms with van der Waals surface area (Å²) in [6.07, 6.45) is 0.0382. The zero-order valence-electron chi connectivity index (χ0n) is 15.6. The highest BCUT2D eigenvalue weighted by Gasteiger charge is 2.28. The van der Waals surface area contributed by atoms with Gasteiger partial charge in [-0.25, -0.2) is 12.8 Å². The summed E-state index contributed by atoms with van der Waals surface area (Å²) in [7, 11) is -1.21. The van der Waals surface area contributed by atoms with Gasteiger partial charge in [0.1, 0.15) is 16.8 Å². The second-order valence-electron chi connectivity index (χ2n) is 6.30. The Hall–Kier alpha value is -2.78. The lowest BCUT2D eigenvalue weighted by molar-refractivity contribution is -0.131. The molecule has 1 atom stereocenters. The van der Waals surface area contributed by atoms with Crippen LogP contribution in [0.15, 0.2) is 59.5 Å². The smallest absolute Gasteiger partial charge is 0.244 e. The number of benzene rings is 2. The van der Waals surface area contributed by atoms with Gasteiger partial charge >= 0.3 is 0 Å². The molecular formula is C19H22FN3O4S. The Labute approximate surface area is 163 Å². The molecule has 28 heavy (non-hydrogen) atoms. The lowest BCUT2D eigenvalue weighted by Crippen LogP contribution is -2.50. The minimum absolute atomic E-state index is 0.0382. The molecular weight excluding hydrogens is 385 g/mol. The summed E-state index contributed by atoms with van der Waals surface area (Å²) in [6.45, 7) is -0.279. The minimum Gasteiger partial charge on any atom is -0.347 e. The van der Waals surface area contributed by atoms with E-state index in [1.807, 2.05) is 0 Å². The number of carbonyl (C=O) groups is 2. The van der Waals surface area contributed by atoms with E-state index < -0.39 is 32.7 Å². The maximum atomic E-state index is 13.9. The molecule has 0 bridgehead atoms. The first-order chi connectivity index (χ1) is 13.2. The first-order valence-electron chi connectivity index (χ1n) is 8.49. The highest BCUT2D eigenvalue weighted by atomic mass is 32.2. The van der Waals surface area contributed by atoms with Crippen molar-refractivity contribution in [2.24, 2.45) is 0 Å². The van der Waals surface area contributed by atoms with Gasteiger partial charge in [0.05, 0.1) is 6.54 Å². The van der Waals surface area contributed by atoms with Crippen molar-refractivity contribution in [1.29, 1.82) is 0 Å². The molecule has 0 aromatic heterocycles. The maximum absolute atomic E-state index is 13.9. The second kappa shape index (κ2) is 9.43. The van der Waals surface area contributed by atoms with Crippen molar-refractivity contribution in [2.45, 2.75) is 17.4 Å². The van der Waals surface area contributed by atoms with Crippen LogP contribution >= 0.6 is 0 Å². The van der Waals surface area contributed by atoms with E-state index in [1.165, 1.54) is 31.1 Å². The molecule has 0 aliphatic rings. The monoisotopic (exact) mass is 407 g/mol. The molecule has 1 unspecified atom stereocenters. The van der Waals surface area contributed by atoms with Crippen molar-refractivity contribution < 1.29 is 22.4 Å². The molecule has 2 rings (SSSR count). The molecule has 2 N–H and O–H groups in total. The van der Waals surface area contributed by atoms with Crippen molar-refractivity contribution in [3.8, 4) is 0 Å². The van der Waals surface area contributed by atoms with Gasteiger partial charge in [0.2, 0.25) is 21.8 Å². The Morgan fingerprint density at radius 2 is 1.64 bits per heavy atom. The van der Waals surface area contributed by atoms with Gasteiger partial charge in [0.15, 0.2) is 0 Å². The predicted octanol–water partition coefficient (Wildman–Crippen LogP) is 0.920. The number of rotatable bonds is 8. The summed E-state index contributed by atoms with van der Waals surface area (Å²) in [5, 5.41) is 2.42. The van der Waals surface area contributed by atoms with Crippen LogP contribution in [-0.2, 0) is 26.0 Å². The molecule has 7 nitrogen and oxygen atoms in total. The van der Waals surface area contributed by atoms with Crippen molar-refractivity contribution in [3.05, 3.63) is 66.0 Å². The molecule has 150 valence electrons. The number of hydrogen-bond acceptors (Lipinski definition) is 4. The molecule has 0 spiro atoms. The topological polar surface area (TPSA) is 95.6 Å². The highest BCUT2D eigenvalue weighted by Crippen LogP contribution is 2.15. The summed E-state index contributed by atoms with van der Waals surface area (Å²) < 4.78 is 41.4. The predicted molar refractivity (Wildman–Crippen MR) is 102 cm³/mol. The largest absolute Gasteiger partial charge is 0.347 e. The molecule has 2 amide bonds. The van der Waals surface area contributed by atoms with E-state index in [0.29, 0.717) is 5.56 Å². The number of nitrogens with zero attached hydrogens (tertiary/aromatic N) is 1. The third-order valence-electron chi connectivity index (χ3n) is 3.94. The summed E-state index contributed by atoms with van der Waals surface area (Å²) >= 11 is 0. The van der Waals surface area contributed by atoms with Gasteiger partial charge in [-0.2, -0.15) is 4.72 Å². The number of carbonyl (C=O) groups excluding carboxylic acids is 2. The van der Waals surface area contributed by atoms with Crippen molar-refractivity contribution in [3.63, 3.8) is 0 Å². The van der Waals surface area contributed by atoms with Crippen LogP contribution in [0.1, 0.15) is 5.56 Å².